The van der Waals surface area contributed by atoms with E-state index >= 15 is 0 Å². The Morgan fingerprint density at radius 1 is 1.44 bits per heavy atom. The van der Waals surface area contributed by atoms with Crippen molar-refractivity contribution in [3.05, 3.63) is 10.4 Å². The van der Waals surface area contributed by atoms with Crippen LogP contribution in [0.2, 0.25) is 0 Å². The molecule has 0 radical (unpaired) electrons. The Morgan fingerprint density at radius 2 is 2.12 bits per heavy atom. The summed E-state index contributed by atoms with van der Waals surface area (Å²) in [5.74, 6) is 0.573. The number of rotatable bonds is 7. The lowest BCUT2D eigenvalue weighted by atomic mass is 10.3. The fraction of sp³-hybridized carbons (Fsp3) is 0.900. The molecular formula is C10H20N4OS. The first-order valence-electron chi connectivity index (χ1n) is 5.37. The van der Waals surface area contributed by atoms with Gasteiger partial charge in [-0.25, -0.2) is 0 Å². The maximum atomic E-state index is 11.4. The lowest BCUT2D eigenvalue weighted by Gasteiger charge is -2.16. The highest BCUT2D eigenvalue weighted by atomic mass is 32.2. The van der Waals surface area contributed by atoms with Gasteiger partial charge in [-0.15, -0.1) is 11.8 Å². The molecule has 6 heteroatoms. The quantitative estimate of drug-likeness (QED) is 0.323. The second-order valence-electron chi connectivity index (χ2n) is 4.41. The van der Waals surface area contributed by atoms with E-state index in [0.717, 1.165) is 12.8 Å². The minimum absolute atomic E-state index is 0.0729. The summed E-state index contributed by atoms with van der Waals surface area (Å²) in [7, 11) is 0. The molecule has 1 amide bonds. The Bertz CT molecular complexity index is 256. The molecular weight excluding hydrogens is 224 g/mol. The minimum Gasteiger partial charge on any atom is -0.355 e. The summed E-state index contributed by atoms with van der Waals surface area (Å²) in [6.07, 6.45) is 1.67. The second-order valence-corrected chi connectivity index (χ2v) is 6.21. The predicted molar refractivity (Wildman–Crippen MR) is 68.5 cm³/mol. The van der Waals surface area contributed by atoms with Crippen molar-refractivity contribution in [2.24, 2.45) is 5.11 Å². The maximum absolute atomic E-state index is 11.4. The van der Waals surface area contributed by atoms with E-state index in [2.05, 4.69) is 36.1 Å². The minimum atomic E-state index is 0.0729. The Balaban J connectivity index is 3.41. The van der Waals surface area contributed by atoms with Crippen molar-refractivity contribution >= 4 is 17.7 Å². The van der Waals surface area contributed by atoms with Crippen LogP contribution >= 0.6 is 11.8 Å². The molecule has 5 nitrogen and oxygen atoms in total. The number of hydrogen-bond donors (Lipinski definition) is 1. The Morgan fingerprint density at radius 3 is 2.69 bits per heavy atom. The number of carbonyl (C=O) groups is 1. The number of carbonyl (C=O) groups excluding carboxylic acids is 1. The van der Waals surface area contributed by atoms with Crippen molar-refractivity contribution in [3.8, 4) is 0 Å². The smallest absolute Gasteiger partial charge is 0.230 e. The number of hydrogen-bond acceptors (Lipinski definition) is 3. The van der Waals surface area contributed by atoms with Gasteiger partial charge in [0.05, 0.1) is 5.75 Å². The molecule has 0 aromatic heterocycles. The van der Waals surface area contributed by atoms with Gasteiger partial charge < -0.3 is 5.32 Å². The van der Waals surface area contributed by atoms with Crippen LogP contribution in [0.4, 0.5) is 0 Å². The highest BCUT2D eigenvalue weighted by Crippen LogP contribution is 2.22. The third-order valence-corrected chi connectivity index (χ3v) is 2.98. The molecule has 0 saturated carbocycles. The highest BCUT2D eigenvalue weighted by molar-refractivity contribution is 8.01. The highest BCUT2D eigenvalue weighted by Gasteiger charge is 2.12. The van der Waals surface area contributed by atoms with Gasteiger partial charge in [0.1, 0.15) is 0 Å². The first-order chi connectivity index (χ1) is 7.45. The fourth-order valence-electron chi connectivity index (χ4n) is 0.913. The van der Waals surface area contributed by atoms with Crippen LogP contribution < -0.4 is 5.32 Å². The maximum Gasteiger partial charge on any atom is 0.230 e. The van der Waals surface area contributed by atoms with Gasteiger partial charge >= 0.3 is 0 Å². The Hall–Kier alpha value is -0.870. The van der Waals surface area contributed by atoms with Crippen LogP contribution in [0.3, 0.4) is 0 Å². The SMILES string of the molecule is CC(C)(C)SCC(=O)NCCCCN=[N+]=[N-]. The second kappa shape index (κ2) is 8.30. The Kier molecular flexibility index (Phi) is 7.85. The molecule has 0 spiro atoms. The topological polar surface area (TPSA) is 77.9 Å². The largest absolute Gasteiger partial charge is 0.355 e. The number of thioether (sulfide) groups is 1. The molecule has 0 saturated heterocycles. The van der Waals surface area contributed by atoms with Gasteiger partial charge in [0, 0.05) is 22.7 Å². The lowest BCUT2D eigenvalue weighted by molar-refractivity contribution is -0.118. The third kappa shape index (κ3) is 11.2. The molecule has 0 heterocycles. The molecule has 0 rings (SSSR count). The summed E-state index contributed by atoms with van der Waals surface area (Å²) < 4.78 is 0.124. The van der Waals surface area contributed by atoms with Crippen molar-refractivity contribution in [1.82, 2.24) is 5.32 Å². The number of nitrogens with one attached hydrogen (secondary N) is 1. The zero-order chi connectivity index (χ0) is 12.4. The third-order valence-electron chi connectivity index (χ3n) is 1.71. The summed E-state index contributed by atoms with van der Waals surface area (Å²) in [5, 5.41) is 6.26. The van der Waals surface area contributed by atoms with Crippen molar-refractivity contribution in [2.45, 2.75) is 38.4 Å². The number of unbranched alkanes of at least 4 members (excludes halogenated alkanes) is 1. The van der Waals surface area contributed by atoms with Crippen molar-refractivity contribution in [1.29, 1.82) is 0 Å². The molecule has 0 unspecified atom stereocenters. The average molecular weight is 244 g/mol. The van der Waals surface area contributed by atoms with Crippen molar-refractivity contribution in [2.75, 3.05) is 18.8 Å². The molecule has 0 aliphatic heterocycles. The lowest BCUT2D eigenvalue weighted by Crippen LogP contribution is -2.28. The van der Waals surface area contributed by atoms with Crippen LogP contribution in [0.1, 0.15) is 33.6 Å². The predicted octanol–water partition coefficient (Wildman–Crippen LogP) is 2.72. The molecule has 0 aromatic carbocycles. The first-order valence-corrected chi connectivity index (χ1v) is 6.36. The molecule has 0 atom stereocenters. The molecule has 0 fully saturated rings. The summed E-state index contributed by atoms with van der Waals surface area (Å²) in [4.78, 5) is 14.0. The number of amides is 1. The summed E-state index contributed by atoms with van der Waals surface area (Å²) in [5.41, 5.74) is 8.04. The van der Waals surface area contributed by atoms with Gasteiger partial charge in [-0.2, -0.15) is 0 Å². The zero-order valence-corrected chi connectivity index (χ0v) is 11.0. The van der Waals surface area contributed by atoms with Crippen LogP contribution in [0.5, 0.6) is 0 Å². The zero-order valence-electron chi connectivity index (χ0n) is 10.2. The van der Waals surface area contributed by atoms with Crippen molar-refractivity contribution < 1.29 is 4.79 Å². The van der Waals surface area contributed by atoms with Crippen LogP contribution in [-0.2, 0) is 4.79 Å². The molecule has 92 valence electrons. The number of azide groups is 1. The molecule has 0 bridgehead atoms. The van der Waals surface area contributed by atoms with Gasteiger partial charge in [-0.3, -0.25) is 4.79 Å². The van der Waals surface area contributed by atoms with Gasteiger partial charge in [0.25, 0.3) is 0 Å². The van der Waals surface area contributed by atoms with E-state index in [9.17, 15) is 4.79 Å². The van der Waals surface area contributed by atoms with E-state index in [1.165, 1.54) is 0 Å². The van der Waals surface area contributed by atoms with E-state index in [-0.39, 0.29) is 10.7 Å². The fourth-order valence-corrected chi connectivity index (χ4v) is 1.58. The van der Waals surface area contributed by atoms with Gasteiger partial charge in [-0.1, -0.05) is 25.9 Å². The van der Waals surface area contributed by atoms with Crippen LogP contribution in [-0.4, -0.2) is 29.5 Å². The molecule has 0 aliphatic rings. The first kappa shape index (κ1) is 15.1. The molecule has 0 aromatic rings. The van der Waals surface area contributed by atoms with Crippen LogP contribution in [0, 0.1) is 0 Å². The summed E-state index contributed by atoms with van der Waals surface area (Å²) in [6.45, 7) is 7.42. The van der Waals surface area contributed by atoms with E-state index in [4.69, 9.17) is 5.53 Å². The monoisotopic (exact) mass is 244 g/mol. The standard InChI is InChI=1S/C10H20N4OS/c1-10(2,3)16-8-9(15)12-6-4-5-7-13-14-11/h4-8H2,1-3H3,(H,12,15). The average Bonchev–Trinajstić information content (AvgIpc) is 2.19. The molecule has 0 aliphatic carbocycles. The van der Waals surface area contributed by atoms with E-state index in [1.54, 1.807) is 11.8 Å². The van der Waals surface area contributed by atoms with Crippen molar-refractivity contribution in [3.63, 3.8) is 0 Å². The molecule has 1 N–H and O–H groups in total. The van der Waals surface area contributed by atoms with E-state index in [1.807, 2.05) is 0 Å². The van der Waals surface area contributed by atoms with Gasteiger partial charge in [0.2, 0.25) is 5.91 Å². The van der Waals surface area contributed by atoms with Crippen LogP contribution in [0.15, 0.2) is 5.11 Å². The summed E-state index contributed by atoms with van der Waals surface area (Å²) >= 11 is 1.63. The van der Waals surface area contributed by atoms with Crippen LogP contribution in [0.25, 0.3) is 10.4 Å². The number of nitrogens with zero attached hydrogens (tertiary/aromatic N) is 3. The van der Waals surface area contributed by atoms with Gasteiger partial charge in [0.15, 0.2) is 0 Å². The van der Waals surface area contributed by atoms with E-state index in [0.29, 0.717) is 18.8 Å². The molecule has 16 heavy (non-hydrogen) atoms. The Labute approximate surface area is 101 Å². The summed E-state index contributed by atoms with van der Waals surface area (Å²) in [6, 6.07) is 0. The van der Waals surface area contributed by atoms with Gasteiger partial charge in [-0.05, 0) is 18.4 Å². The van der Waals surface area contributed by atoms with E-state index < -0.39 is 0 Å². The normalized spacial score (nSPS) is 10.7.